The van der Waals surface area contributed by atoms with E-state index < -0.39 is 0 Å². The van der Waals surface area contributed by atoms with Crippen molar-refractivity contribution in [1.29, 1.82) is 0 Å². The lowest BCUT2D eigenvalue weighted by molar-refractivity contribution is 0.869. The zero-order valence-corrected chi connectivity index (χ0v) is 28.9. The van der Waals surface area contributed by atoms with E-state index in [-0.39, 0.29) is 0 Å². The van der Waals surface area contributed by atoms with Gasteiger partial charge in [0.25, 0.3) is 0 Å². The van der Waals surface area contributed by atoms with E-state index in [0.29, 0.717) is 17.7 Å². The maximum absolute atomic E-state index is 5.29. The molecule has 0 saturated heterocycles. The normalized spacial score (nSPS) is 11.7. The Hall–Kier alpha value is -7.51. The number of hydrogen-bond donors (Lipinski definition) is 0. The Bertz CT molecular complexity index is 3050. The first-order valence-corrected chi connectivity index (χ1v) is 17.9. The van der Waals surface area contributed by atoms with Crippen molar-refractivity contribution < 1.29 is 0 Å². The summed E-state index contributed by atoms with van der Waals surface area (Å²) in [7, 11) is 0. The third-order valence-electron chi connectivity index (χ3n) is 10.2. The number of para-hydroxylation sites is 4. The predicted octanol–water partition coefficient (Wildman–Crippen LogP) is 11.0. The Labute approximate surface area is 309 Å². The molecule has 0 N–H and O–H groups in total. The van der Waals surface area contributed by atoms with E-state index >= 15 is 0 Å². The molecule has 11 rings (SSSR count). The van der Waals surface area contributed by atoms with Crippen LogP contribution in [0.3, 0.4) is 0 Å². The van der Waals surface area contributed by atoms with Crippen molar-refractivity contribution in [1.82, 2.24) is 34.1 Å². The van der Waals surface area contributed by atoms with E-state index in [0.717, 1.165) is 55.8 Å². The summed E-state index contributed by atoms with van der Waals surface area (Å²) in [4.78, 5) is 26.1. The molecule has 0 aliphatic carbocycles. The van der Waals surface area contributed by atoms with Crippen molar-refractivity contribution >= 4 is 54.4 Å². The molecule has 3 heterocycles. The minimum atomic E-state index is 0.461. The van der Waals surface area contributed by atoms with E-state index in [2.05, 4.69) is 103 Å². The molecular weight excluding hydrogens is 663 g/mol. The zero-order chi connectivity index (χ0) is 35.6. The largest absolute Gasteiger partial charge is 0.260 e. The van der Waals surface area contributed by atoms with Gasteiger partial charge in [-0.15, -0.1) is 0 Å². The molecule has 0 aliphatic rings. The van der Waals surface area contributed by atoms with Crippen LogP contribution in [0.4, 0.5) is 0 Å². The minimum Gasteiger partial charge on any atom is -0.260 e. The Morgan fingerprint density at radius 3 is 1.20 bits per heavy atom. The van der Waals surface area contributed by atoms with E-state index in [9.17, 15) is 0 Å². The standard InChI is InChI=1S/C47H29N7/c1-3-15-30(16-4-1)44-48-39-23-11-13-25-41(39)53(44)46-50-43(32-27-28-37-35-21-8-7-19-33(35)34-20-9-10-22-36(34)38(37)29-32)51-47(52-46)54-42-26-14-12-24-40(42)49-45(54)31-17-5-2-6-18-31/h1-29H. The third-order valence-corrected chi connectivity index (χ3v) is 10.2. The summed E-state index contributed by atoms with van der Waals surface area (Å²) < 4.78 is 4.09. The zero-order valence-electron chi connectivity index (χ0n) is 28.9. The maximum atomic E-state index is 5.29. The first kappa shape index (κ1) is 30.1. The van der Waals surface area contributed by atoms with Crippen molar-refractivity contribution in [3.63, 3.8) is 0 Å². The molecule has 0 fully saturated rings. The number of benzene rings is 8. The van der Waals surface area contributed by atoms with Gasteiger partial charge in [-0.3, -0.25) is 9.13 Å². The van der Waals surface area contributed by atoms with Crippen molar-refractivity contribution in [3.8, 4) is 46.1 Å². The van der Waals surface area contributed by atoms with Crippen molar-refractivity contribution in [2.75, 3.05) is 0 Å². The number of imidazole rings is 2. The fraction of sp³-hybridized carbons (Fsp3) is 0. The van der Waals surface area contributed by atoms with Crippen LogP contribution >= 0.6 is 0 Å². The Balaban J connectivity index is 1.24. The molecule has 0 amide bonds. The highest BCUT2D eigenvalue weighted by Gasteiger charge is 2.23. The molecular formula is C47H29N7. The topological polar surface area (TPSA) is 74.3 Å². The fourth-order valence-corrected chi connectivity index (χ4v) is 7.75. The van der Waals surface area contributed by atoms with Gasteiger partial charge in [0.1, 0.15) is 11.6 Å². The van der Waals surface area contributed by atoms with Crippen LogP contribution in [0.1, 0.15) is 0 Å². The van der Waals surface area contributed by atoms with Crippen LogP contribution in [0.15, 0.2) is 176 Å². The Kier molecular flexibility index (Phi) is 6.72. The van der Waals surface area contributed by atoms with Crippen LogP contribution in [0, 0.1) is 0 Å². The van der Waals surface area contributed by atoms with Gasteiger partial charge in [-0.25, -0.2) is 9.97 Å². The first-order valence-electron chi connectivity index (χ1n) is 17.9. The molecule has 0 unspecified atom stereocenters. The second-order valence-corrected chi connectivity index (χ2v) is 13.4. The SMILES string of the molecule is c1ccc(-c2nc3ccccc3n2-c2nc(-c3ccc4c5ccccc5c5ccccc5c4c3)nc(-n3c(-c4ccccc4)nc4ccccc43)n2)cc1. The quantitative estimate of drug-likeness (QED) is 0.168. The number of aromatic nitrogens is 7. The average Bonchev–Trinajstić information content (AvgIpc) is 3.84. The highest BCUT2D eigenvalue weighted by Crippen LogP contribution is 2.37. The van der Waals surface area contributed by atoms with Crippen molar-refractivity contribution in [2.24, 2.45) is 0 Å². The summed E-state index contributed by atoms with van der Waals surface area (Å²) in [6.07, 6.45) is 0. The van der Waals surface area contributed by atoms with E-state index in [1.165, 1.54) is 26.9 Å². The maximum Gasteiger partial charge on any atom is 0.241 e. The highest BCUT2D eigenvalue weighted by molar-refractivity contribution is 6.25. The summed E-state index contributed by atoms with van der Waals surface area (Å²) >= 11 is 0. The molecule has 8 aromatic carbocycles. The van der Waals surface area contributed by atoms with Crippen LogP contribution in [0.25, 0.3) is 100 Å². The minimum absolute atomic E-state index is 0.461. The van der Waals surface area contributed by atoms with Gasteiger partial charge in [-0.1, -0.05) is 146 Å². The van der Waals surface area contributed by atoms with Gasteiger partial charge >= 0.3 is 0 Å². The highest BCUT2D eigenvalue weighted by atomic mass is 15.3. The van der Waals surface area contributed by atoms with Crippen molar-refractivity contribution in [2.45, 2.75) is 0 Å². The fourth-order valence-electron chi connectivity index (χ4n) is 7.75. The molecule has 0 saturated carbocycles. The molecule has 0 atom stereocenters. The molecule has 0 bridgehead atoms. The molecule has 252 valence electrons. The lowest BCUT2D eigenvalue weighted by Crippen LogP contribution is -2.12. The summed E-state index contributed by atoms with van der Waals surface area (Å²) in [5.74, 6) is 2.96. The summed E-state index contributed by atoms with van der Waals surface area (Å²) in [6.45, 7) is 0. The summed E-state index contributed by atoms with van der Waals surface area (Å²) in [5.41, 5.74) is 6.29. The number of nitrogens with zero attached hydrogens (tertiary/aromatic N) is 7. The van der Waals surface area contributed by atoms with Crippen LogP contribution in [-0.4, -0.2) is 34.1 Å². The van der Waals surface area contributed by atoms with Crippen LogP contribution in [0.2, 0.25) is 0 Å². The third kappa shape index (κ3) is 4.72. The predicted molar refractivity (Wildman–Crippen MR) is 218 cm³/mol. The van der Waals surface area contributed by atoms with Crippen LogP contribution < -0.4 is 0 Å². The van der Waals surface area contributed by atoms with Gasteiger partial charge in [0.2, 0.25) is 11.9 Å². The molecule has 54 heavy (non-hydrogen) atoms. The number of hydrogen-bond acceptors (Lipinski definition) is 5. The molecule has 0 spiro atoms. The van der Waals surface area contributed by atoms with Gasteiger partial charge in [0.15, 0.2) is 5.82 Å². The first-order chi connectivity index (χ1) is 26.8. The molecule has 11 aromatic rings. The summed E-state index contributed by atoms with van der Waals surface area (Å²) in [5, 5.41) is 7.16. The molecule has 7 heteroatoms. The lowest BCUT2D eigenvalue weighted by atomic mass is 9.93. The van der Waals surface area contributed by atoms with Crippen molar-refractivity contribution in [3.05, 3.63) is 176 Å². The molecule has 7 nitrogen and oxygen atoms in total. The van der Waals surface area contributed by atoms with Crippen LogP contribution in [-0.2, 0) is 0 Å². The Morgan fingerprint density at radius 1 is 0.296 bits per heavy atom. The van der Waals surface area contributed by atoms with E-state index in [4.69, 9.17) is 24.9 Å². The van der Waals surface area contributed by atoms with E-state index in [1.807, 2.05) is 81.9 Å². The second kappa shape index (κ2) is 12.0. The number of fused-ring (bicyclic) bond motifs is 8. The Morgan fingerprint density at radius 2 is 0.704 bits per heavy atom. The number of rotatable bonds is 5. The van der Waals surface area contributed by atoms with Gasteiger partial charge in [0.05, 0.1) is 22.1 Å². The van der Waals surface area contributed by atoms with E-state index in [1.54, 1.807) is 0 Å². The molecule has 3 aromatic heterocycles. The van der Waals surface area contributed by atoms with Gasteiger partial charge in [-0.2, -0.15) is 15.0 Å². The van der Waals surface area contributed by atoms with Gasteiger partial charge in [-0.05, 0) is 62.6 Å². The monoisotopic (exact) mass is 691 g/mol. The smallest absolute Gasteiger partial charge is 0.241 e. The van der Waals surface area contributed by atoms with Gasteiger partial charge in [0, 0.05) is 16.7 Å². The average molecular weight is 692 g/mol. The molecule has 0 aliphatic heterocycles. The second-order valence-electron chi connectivity index (χ2n) is 13.4. The summed E-state index contributed by atoms with van der Waals surface area (Å²) in [6, 6.07) is 60.4. The van der Waals surface area contributed by atoms with Crippen LogP contribution in [0.5, 0.6) is 0 Å². The molecule has 0 radical (unpaired) electrons. The lowest BCUT2D eigenvalue weighted by Gasteiger charge is -2.15. The van der Waals surface area contributed by atoms with Gasteiger partial charge < -0.3 is 0 Å².